The highest BCUT2D eigenvalue weighted by Crippen LogP contribution is 2.26. The van der Waals surface area contributed by atoms with Crippen molar-refractivity contribution in [3.05, 3.63) is 0 Å². The molecule has 1 aliphatic heterocycles. The number of aliphatic hydroxyl groups excluding tert-OH is 1. The maximum atomic E-state index is 9.31. The lowest BCUT2D eigenvalue weighted by atomic mass is 9.86. The van der Waals surface area contributed by atoms with E-state index < -0.39 is 0 Å². The lowest BCUT2D eigenvalue weighted by Crippen LogP contribution is -2.53. The first kappa shape index (κ1) is 11.0. The van der Waals surface area contributed by atoms with Crippen molar-refractivity contribution in [1.29, 1.82) is 0 Å². The molecule has 1 fully saturated rings. The zero-order valence-corrected chi connectivity index (χ0v) is 8.68. The summed E-state index contributed by atoms with van der Waals surface area (Å²) in [4.78, 5) is 0. The smallest absolute Gasteiger partial charge is 0.0615 e. The second kappa shape index (κ2) is 4.94. The van der Waals surface area contributed by atoms with Gasteiger partial charge < -0.3 is 15.2 Å². The molecular weight excluding hydrogens is 166 g/mol. The molecule has 0 spiro atoms. The molecule has 2 N–H and O–H groups in total. The van der Waals surface area contributed by atoms with Crippen LogP contribution in [-0.2, 0) is 4.74 Å². The summed E-state index contributed by atoms with van der Waals surface area (Å²) in [6.07, 6.45) is 4.44. The van der Waals surface area contributed by atoms with E-state index in [1.54, 1.807) is 0 Å². The molecule has 3 heteroatoms. The number of ether oxygens (including phenoxy) is 1. The maximum absolute atomic E-state index is 9.31. The Bertz CT molecular complexity index is 144. The number of hydrogen-bond donors (Lipinski definition) is 2. The van der Waals surface area contributed by atoms with Crippen LogP contribution in [-0.4, -0.2) is 37.0 Å². The van der Waals surface area contributed by atoms with E-state index >= 15 is 0 Å². The van der Waals surface area contributed by atoms with Gasteiger partial charge in [0.2, 0.25) is 0 Å². The van der Waals surface area contributed by atoms with E-state index in [0.717, 1.165) is 32.3 Å². The van der Waals surface area contributed by atoms with Crippen molar-refractivity contribution in [1.82, 2.24) is 5.32 Å². The van der Waals surface area contributed by atoms with Crippen molar-refractivity contribution in [2.75, 3.05) is 20.3 Å². The summed E-state index contributed by atoms with van der Waals surface area (Å²) >= 11 is 0. The van der Waals surface area contributed by atoms with Crippen molar-refractivity contribution in [2.24, 2.45) is 0 Å². The summed E-state index contributed by atoms with van der Waals surface area (Å²) < 4.78 is 5.63. The minimum Gasteiger partial charge on any atom is -0.394 e. The Balaban J connectivity index is 2.48. The van der Waals surface area contributed by atoms with Gasteiger partial charge in [0.1, 0.15) is 0 Å². The van der Waals surface area contributed by atoms with Gasteiger partial charge in [0.05, 0.1) is 12.7 Å². The first-order chi connectivity index (χ1) is 6.26. The quantitative estimate of drug-likeness (QED) is 0.687. The van der Waals surface area contributed by atoms with Crippen LogP contribution in [0.25, 0.3) is 0 Å². The average Bonchev–Trinajstić information content (AvgIpc) is 2.19. The molecule has 3 nitrogen and oxygen atoms in total. The topological polar surface area (TPSA) is 41.5 Å². The molecule has 1 saturated heterocycles. The Kier molecular flexibility index (Phi) is 4.16. The Morgan fingerprint density at radius 1 is 1.62 bits per heavy atom. The van der Waals surface area contributed by atoms with Gasteiger partial charge in [-0.3, -0.25) is 0 Å². The molecular formula is C10H21NO2. The lowest BCUT2D eigenvalue weighted by Gasteiger charge is -2.39. The number of nitrogens with one attached hydrogen (secondary N) is 1. The molecule has 13 heavy (non-hydrogen) atoms. The van der Waals surface area contributed by atoms with Crippen molar-refractivity contribution in [3.8, 4) is 0 Å². The fourth-order valence-corrected chi connectivity index (χ4v) is 1.97. The predicted octanol–water partition coefficient (Wildman–Crippen LogP) is 0.916. The maximum Gasteiger partial charge on any atom is 0.0615 e. The summed E-state index contributed by atoms with van der Waals surface area (Å²) in [5.41, 5.74) is -0.0852. The van der Waals surface area contributed by atoms with Gasteiger partial charge in [0.15, 0.2) is 0 Å². The monoisotopic (exact) mass is 187 g/mol. The Morgan fingerprint density at radius 3 is 2.92 bits per heavy atom. The zero-order chi connectivity index (χ0) is 9.73. The molecule has 2 atom stereocenters. The van der Waals surface area contributed by atoms with Crippen LogP contribution in [0.1, 0.15) is 32.6 Å². The molecule has 1 aliphatic rings. The van der Waals surface area contributed by atoms with Gasteiger partial charge in [-0.05, 0) is 26.3 Å². The second-order valence-corrected chi connectivity index (χ2v) is 3.92. The van der Waals surface area contributed by atoms with Crippen LogP contribution in [0.5, 0.6) is 0 Å². The number of hydrogen-bond acceptors (Lipinski definition) is 3. The SMILES string of the molecule is CCCC1CC(CO)(NC)CCO1. The molecule has 0 aromatic carbocycles. The Hall–Kier alpha value is -0.120. The van der Waals surface area contributed by atoms with E-state index in [2.05, 4.69) is 12.2 Å². The average molecular weight is 187 g/mol. The van der Waals surface area contributed by atoms with Crippen LogP contribution in [0.4, 0.5) is 0 Å². The van der Waals surface area contributed by atoms with Crippen LogP contribution >= 0.6 is 0 Å². The molecule has 0 radical (unpaired) electrons. The van der Waals surface area contributed by atoms with Gasteiger partial charge >= 0.3 is 0 Å². The zero-order valence-electron chi connectivity index (χ0n) is 8.68. The number of likely N-dealkylation sites (N-methyl/N-ethyl adjacent to an activating group) is 1. The summed E-state index contributed by atoms with van der Waals surface area (Å²) in [5.74, 6) is 0. The van der Waals surface area contributed by atoms with Crippen LogP contribution in [0.15, 0.2) is 0 Å². The largest absolute Gasteiger partial charge is 0.394 e. The molecule has 0 aromatic heterocycles. The predicted molar refractivity (Wildman–Crippen MR) is 52.8 cm³/mol. The highest BCUT2D eigenvalue weighted by atomic mass is 16.5. The van der Waals surface area contributed by atoms with E-state index in [0.29, 0.717) is 6.10 Å². The van der Waals surface area contributed by atoms with Gasteiger partial charge in [-0.2, -0.15) is 0 Å². The van der Waals surface area contributed by atoms with Gasteiger partial charge in [0.25, 0.3) is 0 Å². The summed E-state index contributed by atoms with van der Waals surface area (Å²) in [6, 6.07) is 0. The lowest BCUT2D eigenvalue weighted by molar-refractivity contribution is -0.0458. The van der Waals surface area contributed by atoms with E-state index in [1.165, 1.54) is 0 Å². The molecule has 0 saturated carbocycles. The van der Waals surface area contributed by atoms with E-state index in [1.807, 2.05) is 7.05 Å². The summed E-state index contributed by atoms with van der Waals surface area (Å²) in [5, 5.41) is 12.5. The van der Waals surface area contributed by atoms with E-state index in [-0.39, 0.29) is 12.1 Å². The first-order valence-electron chi connectivity index (χ1n) is 5.17. The number of rotatable bonds is 4. The Labute approximate surface area is 80.5 Å². The highest BCUT2D eigenvalue weighted by molar-refractivity contribution is 4.91. The van der Waals surface area contributed by atoms with Crippen LogP contribution in [0.3, 0.4) is 0 Å². The van der Waals surface area contributed by atoms with Crippen molar-refractivity contribution < 1.29 is 9.84 Å². The van der Waals surface area contributed by atoms with Crippen molar-refractivity contribution in [3.63, 3.8) is 0 Å². The third-order valence-electron chi connectivity index (χ3n) is 3.00. The molecule has 1 rings (SSSR count). The minimum atomic E-state index is -0.0852. The van der Waals surface area contributed by atoms with Crippen LogP contribution < -0.4 is 5.32 Å². The molecule has 2 unspecified atom stereocenters. The van der Waals surface area contributed by atoms with Gasteiger partial charge in [-0.25, -0.2) is 0 Å². The molecule has 1 heterocycles. The molecule has 0 aromatic rings. The summed E-state index contributed by atoms with van der Waals surface area (Å²) in [7, 11) is 1.92. The molecule has 0 aliphatic carbocycles. The number of aliphatic hydroxyl groups is 1. The molecule has 0 amide bonds. The van der Waals surface area contributed by atoms with Gasteiger partial charge in [-0.1, -0.05) is 13.3 Å². The highest BCUT2D eigenvalue weighted by Gasteiger charge is 2.34. The first-order valence-corrected chi connectivity index (χ1v) is 5.17. The fraction of sp³-hybridized carbons (Fsp3) is 1.00. The second-order valence-electron chi connectivity index (χ2n) is 3.92. The van der Waals surface area contributed by atoms with Crippen molar-refractivity contribution in [2.45, 2.75) is 44.2 Å². The Morgan fingerprint density at radius 2 is 2.38 bits per heavy atom. The standard InChI is InChI=1S/C10H21NO2/c1-3-4-9-7-10(8-12,11-2)5-6-13-9/h9,11-12H,3-8H2,1-2H3. The third kappa shape index (κ3) is 2.66. The van der Waals surface area contributed by atoms with E-state index in [4.69, 9.17) is 4.74 Å². The van der Waals surface area contributed by atoms with Gasteiger partial charge in [-0.15, -0.1) is 0 Å². The normalized spacial score (nSPS) is 34.8. The van der Waals surface area contributed by atoms with Gasteiger partial charge in [0, 0.05) is 12.1 Å². The molecule has 78 valence electrons. The fourth-order valence-electron chi connectivity index (χ4n) is 1.97. The van der Waals surface area contributed by atoms with Crippen LogP contribution in [0.2, 0.25) is 0 Å². The molecule has 0 bridgehead atoms. The van der Waals surface area contributed by atoms with Crippen LogP contribution in [0, 0.1) is 0 Å². The summed E-state index contributed by atoms with van der Waals surface area (Å²) in [6.45, 7) is 3.15. The minimum absolute atomic E-state index is 0.0852. The van der Waals surface area contributed by atoms with E-state index in [9.17, 15) is 5.11 Å². The third-order valence-corrected chi connectivity index (χ3v) is 3.00. The van der Waals surface area contributed by atoms with Crippen molar-refractivity contribution >= 4 is 0 Å².